The molecule has 1 atom stereocenters. The van der Waals surface area contributed by atoms with Gasteiger partial charge in [0.15, 0.2) is 11.5 Å². The Labute approximate surface area is 242 Å². The average Bonchev–Trinajstić information content (AvgIpc) is 2.89. The van der Waals surface area contributed by atoms with E-state index in [-0.39, 0.29) is 53.5 Å². The van der Waals surface area contributed by atoms with Gasteiger partial charge in [0.25, 0.3) is 0 Å². The summed E-state index contributed by atoms with van der Waals surface area (Å²) in [5.74, 6) is -1.24. The highest BCUT2D eigenvalue weighted by atomic mass is 35.5. The first kappa shape index (κ1) is 33.6. The summed E-state index contributed by atoms with van der Waals surface area (Å²) in [6.45, 7) is 9.19. The van der Waals surface area contributed by atoms with Gasteiger partial charge < -0.3 is 14.8 Å². The topological polar surface area (TPSA) is 97.3 Å². The minimum atomic E-state index is -4.88. The summed E-state index contributed by atoms with van der Waals surface area (Å²) in [5, 5.41) is 8.37. The molecule has 224 valence electrons. The molecule has 8 nitrogen and oxygen atoms in total. The maximum atomic E-state index is 12.9. The van der Waals surface area contributed by atoms with E-state index in [1.54, 1.807) is 58.0 Å². The average molecular weight is 598 g/mol. The van der Waals surface area contributed by atoms with Crippen molar-refractivity contribution in [1.29, 1.82) is 0 Å². The van der Waals surface area contributed by atoms with E-state index in [1.807, 2.05) is 6.92 Å². The van der Waals surface area contributed by atoms with Crippen LogP contribution >= 0.6 is 11.6 Å². The number of hydrogen-bond donors (Lipinski definition) is 1. The van der Waals surface area contributed by atoms with Gasteiger partial charge in [-0.3, -0.25) is 14.4 Å². The zero-order chi connectivity index (χ0) is 30.9. The van der Waals surface area contributed by atoms with Crippen LogP contribution in [0.15, 0.2) is 47.6 Å². The number of nitrogens with one attached hydrogen (secondary N) is 1. The molecule has 41 heavy (non-hydrogen) atoms. The summed E-state index contributed by atoms with van der Waals surface area (Å²) in [6, 6.07) is 11.3. The first-order chi connectivity index (χ1) is 19.1. The first-order valence-electron chi connectivity index (χ1n) is 13.1. The lowest BCUT2D eigenvalue weighted by atomic mass is 9.89. The number of anilines is 1. The molecular weight excluding hydrogens is 563 g/mol. The van der Waals surface area contributed by atoms with E-state index >= 15 is 0 Å². The molecule has 0 fully saturated rings. The van der Waals surface area contributed by atoms with Crippen LogP contribution in [0.2, 0.25) is 0 Å². The van der Waals surface area contributed by atoms with Crippen LogP contribution in [0.25, 0.3) is 0 Å². The molecule has 12 heteroatoms. The Kier molecular flexibility index (Phi) is 12.2. The Balaban J connectivity index is 0.000000883. The molecule has 2 aromatic rings. The van der Waals surface area contributed by atoms with Crippen molar-refractivity contribution in [2.24, 2.45) is 22.9 Å². The van der Waals surface area contributed by atoms with E-state index in [2.05, 4.69) is 15.2 Å². The van der Waals surface area contributed by atoms with Crippen molar-refractivity contribution in [3.8, 4) is 11.5 Å². The van der Waals surface area contributed by atoms with Crippen LogP contribution in [0.1, 0.15) is 58.6 Å². The highest BCUT2D eigenvalue weighted by Gasteiger charge is 2.34. The number of alkyl halides is 3. The van der Waals surface area contributed by atoms with Crippen molar-refractivity contribution in [3.05, 3.63) is 53.6 Å². The van der Waals surface area contributed by atoms with E-state index < -0.39 is 12.1 Å². The van der Waals surface area contributed by atoms with Gasteiger partial charge in [-0.1, -0.05) is 46.8 Å². The first-order valence-corrected chi connectivity index (χ1v) is 13.4. The molecule has 2 amide bonds. The number of hydrogen-bond acceptors (Lipinski definition) is 6. The van der Waals surface area contributed by atoms with E-state index in [0.717, 1.165) is 5.56 Å². The second-order valence-corrected chi connectivity index (χ2v) is 10.3. The third-order valence-electron chi connectivity index (χ3n) is 6.03. The second kappa shape index (κ2) is 14.9. The van der Waals surface area contributed by atoms with Gasteiger partial charge in [-0.2, -0.15) is 5.10 Å². The zero-order valence-electron chi connectivity index (χ0n) is 23.8. The van der Waals surface area contributed by atoms with Crippen molar-refractivity contribution >= 4 is 40.1 Å². The fourth-order valence-corrected chi connectivity index (χ4v) is 3.63. The SMILES string of the molecule is CC(C)C(=O)Cl.CCC1CC(=O)N(Cc2ccc(NC(=O)C(C)C)cc2)N=C1c1ccc(OC)c(OC(F)(F)F)c1. The highest BCUT2D eigenvalue weighted by Crippen LogP contribution is 2.35. The lowest BCUT2D eigenvalue weighted by molar-refractivity contribution is -0.275. The number of ether oxygens (including phenoxy) is 2. The van der Waals surface area contributed by atoms with Crippen molar-refractivity contribution in [1.82, 2.24) is 5.01 Å². The smallest absolute Gasteiger partial charge is 0.493 e. The summed E-state index contributed by atoms with van der Waals surface area (Å²) in [6.07, 6.45) is -4.11. The van der Waals surface area contributed by atoms with Crippen LogP contribution in [0.5, 0.6) is 11.5 Å². The van der Waals surface area contributed by atoms with Crippen LogP contribution < -0.4 is 14.8 Å². The summed E-state index contributed by atoms with van der Waals surface area (Å²) in [5.41, 5.74) is 2.35. The molecule has 0 bridgehead atoms. The maximum Gasteiger partial charge on any atom is 0.573 e. The molecule has 1 unspecified atom stereocenters. The Hall–Kier alpha value is -3.60. The molecule has 0 saturated heterocycles. The minimum Gasteiger partial charge on any atom is -0.493 e. The number of halogens is 4. The van der Waals surface area contributed by atoms with Gasteiger partial charge in [0, 0.05) is 35.4 Å². The monoisotopic (exact) mass is 597 g/mol. The van der Waals surface area contributed by atoms with Crippen LogP contribution in [-0.2, 0) is 20.9 Å². The molecular formula is C29H35ClF3N3O5. The Bertz CT molecular complexity index is 1250. The standard InChI is InChI=1S/C25H28F3N3O4.C4H7ClO/c1-5-17-13-22(32)31(14-16-6-9-19(10-7-16)29-24(33)15(2)3)30-23(17)18-8-11-20(34-4)21(12-18)35-25(26,27)28;1-3(2)4(5)6/h6-12,15,17H,5,13-14H2,1-4H3,(H,29,33);3H,1-2H3. The van der Waals surface area contributed by atoms with Crippen LogP contribution in [-0.4, -0.2) is 41.2 Å². The highest BCUT2D eigenvalue weighted by molar-refractivity contribution is 6.63. The number of benzene rings is 2. The fraction of sp³-hybridized carbons (Fsp3) is 0.448. The molecule has 0 saturated carbocycles. The molecule has 1 aliphatic heterocycles. The molecule has 0 aromatic heterocycles. The predicted octanol–water partition coefficient (Wildman–Crippen LogP) is 6.76. The van der Waals surface area contributed by atoms with Crippen LogP contribution in [0, 0.1) is 17.8 Å². The number of hydrazone groups is 1. The van der Waals surface area contributed by atoms with Gasteiger partial charge in [-0.05, 0) is 53.9 Å². The van der Waals surface area contributed by atoms with Gasteiger partial charge in [-0.25, -0.2) is 5.01 Å². The third-order valence-corrected chi connectivity index (χ3v) is 6.47. The number of carbonyl (C=O) groups excluding carboxylic acids is 3. The fourth-order valence-electron chi connectivity index (χ4n) is 3.63. The van der Waals surface area contributed by atoms with Gasteiger partial charge in [0.2, 0.25) is 17.1 Å². The third kappa shape index (κ3) is 10.4. The number of nitrogens with zero attached hydrogens (tertiary/aromatic N) is 2. The molecule has 0 aliphatic carbocycles. The van der Waals surface area contributed by atoms with E-state index in [1.165, 1.54) is 24.3 Å². The maximum absolute atomic E-state index is 12.9. The quantitative estimate of drug-likeness (QED) is 0.322. The molecule has 2 aromatic carbocycles. The largest absolute Gasteiger partial charge is 0.573 e. The Morgan fingerprint density at radius 1 is 1.07 bits per heavy atom. The number of carbonyl (C=O) groups is 3. The molecule has 1 aliphatic rings. The Morgan fingerprint density at radius 3 is 2.17 bits per heavy atom. The van der Waals surface area contributed by atoms with Gasteiger partial charge in [0.1, 0.15) is 0 Å². The molecule has 3 rings (SSSR count). The summed E-state index contributed by atoms with van der Waals surface area (Å²) < 4.78 is 47.8. The van der Waals surface area contributed by atoms with Crippen molar-refractivity contribution in [2.75, 3.05) is 12.4 Å². The summed E-state index contributed by atoms with van der Waals surface area (Å²) >= 11 is 4.97. The number of methoxy groups -OCH3 is 1. The normalized spacial score (nSPS) is 15.2. The molecule has 0 radical (unpaired) electrons. The molecule has 0 spiro atoms. The van der Waals surface area contributed by atoms with Crippen molar-refractivity contribution in [2.45, 2.75) is 60.4 Å². The summed E-state index contributed by atoms with van der Waals surface area (Å²) in [4.78, 5) is 34.5. The van der Waals surface area contributed by atoms with Crippen LogP contribution in [0.3, 0.4) is 0 Å². The van der Waals surface area contributed by atoms with Crippen molar-refractivity contribution < 1.29 is 37.0 Å². The molecule has 1 heterocycles. The van der Waals surface area contributed by atoms with E-state index in [9.17, 15) is 27.6 Å². The van der Waals surface area contributed by atoms with Gasteiger partial charge in [0.05, 0.1) is 19.4 Å². The minimum absolute atomic E-state index is 0.0216. The van der Waals surface area contributed by atoms with Gasteiger partial charge in [-0.15, -0.1) is 13.2 Å². The van der Waals surface area contributed by atoms with E-state index in [4.69, 9.17) is 16.3 Å². The lowest BCUT2D eigenvalue weighted by Crippen LogP contribution is -2.36. The van der Waals surface area contributed by atoms with Crippen molar-refractivity contribution in [3.63, 3.8) is 0 Å². The number of amides is 2. The second-order valence-electron chi connectivity index (χ2n) is 9.96. The van der Waals surface area contributed by atoms with E-state index in [0.29, 0.717) is 23.4 Å². The lowest BCUT2D eigenvalue weighted by Gasteiger charge is -2.29. The predicted molar refractivity (Wildman–Crippen MR) is 151 cm³/mol. The Morgan fingerprint density at radius 2 is 1.68 bits per heavy atom. The number of rotatable bonds is 9. The van der Waals surface area contributed by atoms with Gasteiger partial charge >= 0.3 is 6.36 Å². The molecule has 1 N–H and O–H groups in total. The van der Waals surface area contributed by atoms with Crippen LogP contribution in [0.4, 0.5) is 18.9 Å². The summed E-state index contributed by atoms with van der Waals surface area (Å²) in [7, 11) is 1.26. The zero-order valence-corrected chi connectivity index (χ0v) is 24.6.